The molecule has 39 heavy (non-hydrogen) atoms. The number of alkyl halides is 3. The first-order chi connectivity index (χ1) is 18.6. The maximum absolute atomic E-state index is 13.4. The second-order valence-electron chi connectivity index (χ2n) is 9.14. The number of likely N-dealkylation sites (N-methyl/N-ethyl adjacent to an activating group) is 1. The highest BCUT2D eigenvalue weighted by Crippen LogP contribution is 2.34. The number of carbonyl (C=O) groups is 1. The minimum atomic E-state index is -4.53. The lowest BCUT2D eigenvalue weighted by molar-refractivity contribution is -0.137. The third-order valence-electron chi connectivity index (χ3n) is 6.54. The summed E-state index contributed by atoms with van der Waals surface area (Å²) in [6, 6.07) is 10.7. The highest BCUT2D eigenvalue weighted by atomic mass is 32.2. The zero-order chi connectivity index (χ0) is 28.2. The van der Waals surface area contributed by atoms with Gasteiger partial charge >= 0.3 is 6.18 Å². The average molecular weight is 567 g/mol. The normalized spacial score (nSPS) is 17.8. The number of ether oxygens (including phenoxy) is 1. The summed E-state index contributed by atoms with van der Waals surface area (Å²) in [5.41, 5.74) is 0.269. The summed E-state index contributed by atoms with van der Waals surface area (Å²) < 4.78 is 66.6. The molecule has 0 bridgehead atoms. The number of carbonyl (C=O) groups excluding carboxylic acids is 1. The lowest BCUT2D eigenvalue weighted by Crippen LogP contribution is -2.41. The number of aromatic nitrogens is 1. The van der Waals surface area contributed by atoms with Gasteiger partial charge < -0.3 is 14.7 Å². The number of benzene rings is 2. The van der Waals surface area contributed by atoms with Crippen molar-refractivity contribution in [2.24, 2.45) is 4.36 Å². The summed E-state index contributed by atoms with van der Waals surface area (Å²) in [6.45, 7) is 0.807. The van der Waals surface area contributed by atoms with E-state index in [1.165, 1.54) is 25.1 Å². The lowest BCUT2D eigenvalue weighted by Gasteiger charge is -2.32. The predicted molar refractivity (Wildman–Crippen MR) is 140 cm³/mol. The summed E-state index contributed by atoms with van der Waals surface area (Å²) in [5.74, 6) is -0.116. The molecule has 1 saturated heterocycles. The Bertz CT molecular complexity index is 1410. The zero-order valence-corrected chi connectivity index (χ0v) is 22.2. The van der Waals surface area contributed by atoms with Gasteiger partial charge in [-0.2, -0.15) is 17.5 Å². The Balaban J connectivity index is 1.57. The average Bonchev–Trinajstić information content (AvgIpc) is 3.34. The number of hydrogen-bond acceptors (Lipinski definition) is 8. The van der Waals surface area contributed by atoms with E-state index in [1.54, 1.807) is 36.5 Å². The Morgan fingerprint density at radius 2 is 2.08 bits per heavy atom. The number of fused-ring (bicyclic) bond motifs is 1. The molecule has 1 fully saturated rings. The Hall–Kier alpha value is -3.26. The number of hydrogen-bond donors (Lipinski definition) is 2. The van der Waals surface area contributed by atoms with Crippen LogP contribution in [0, 0.1) is 0 Å². The molecule has 9 nitrogen and oxygen atoms in total. The second kappa shape index (κ2) is 12.3. The monoisotopic (exact) mass is 566 g/mol. The molecule has 3 atom stereocenters. The maximum atomic E-state index is 13.4. The number of rotatable bonds is 9. The van der Waals surface area contributed by atoms with Gasteiger partial charge in [0.2, 0.25) is 0 Å². The van der Waals surface area contributed by atoms with Crippen LogP contribution >= 0.6 is 0 Å². The Morgan fingerprint density at radius 3 is 2.77 bits per heavy atom. The molecule has 4 rings (SSSR count). The molecule has 1 aliphatic rings. The summed E-state index contributed by atoms with van der Waals surface area (Å²) in [7, 11) is 0.524. The molecule has 0 aliphatic carbocycles. The number of thiol groups is 1. The van der Waals surface area contributed by atoms with Crippen LogP contribution < -0.4 is 4.74 Å². The molecule has 1 N–H and O–H groups in total. The molecular weight excluding hydrogens is 537 g/mol. The van der Waals surface area contributed by atoms with E-state index in [9.17, 15) is 27.3 Å². The molecule has 1 aliphatic heterocycles. The van der Waals surface area contributed by atoms with Crippen LogP contribution in [0.15, 0.2) is 59.1 Å². The number of aliphatic hydroxyl groups excluding tert-OH is 1. The van der Waals surface area contributed by atoms with Gasteiger partial charge in [-0.3, -0.25) is 18.9 Å². The Labute approximate surface area is 225 Å². The van der Waals surface area contributed by atoms with Crippen molar-refractivity contribution >= 4 is 33.4 Å². The number of halogens is 3. The third-order valence-corrected chi connectivity index (χ3v) is 7.23. The van der Waals surface area contributed by atoms with Crippen LogP contribution in [0.4, 0.5) is 18.9 Å². The quantitative estimate of drug-likeness (QED) is 0.380. The molecule has 2 heterocycles. The number of nitrogens with zero attached hydrogens (tertiary/aromatic N) is 4. The van der Waals surface area contributed by atoms with E-state index < -0.39 is 40.7 Å². The molecular formula is C26H29F3N4O5S. The molecule has 1 amide bonds. The fourth-order valence-electron chi connectivity index (χ4n) is 4.48. The molecule has 2 aromatic carbocycles. The van der Waals surface area contributed by atoms with E-state index in [-0.39, 0.29) is 13.2 Å². The molecule has 0 saturated carbocycles. The van der Waals surface area contributed by atoms with E-state index in [0.717, 1.165) is 12.1 Å². The smallest absolute Gasteiger partial charge is 0.416 e. The van der Waals surface area contributed by atoms with Crippen LogP contribution in [0.25, 0.3) is 10.9 Å². The molecule has 3 aromatic rings. The van der Waals surface area contributed by atoms with Crippen molar-refractivity contribution in [1.29, 1.82) is 0 Å². The van der Waals surface area contributed by atoms with Gasteiger partial charge in [0.05, 0.1) is 24.8 Å². The summed E-state index contributed by atoms with van der Waals surface area (Å²) in [4.78, 5) is 20.8. The van der Waals surface area contributed by atoms with Crippen molar-refractivity contribution in [3.63, 3.8) is 0 Å². The topological polar surface area (TPSA) is 105 Å². The van der Waals surface area contributed by atoms with E-state index in [0.29, 0.717) is 47.4 Å². The highest BCUT2D eigenvalue weighted by molar-refractivity contribution is 7.69. The Morgan fingerprint density at radius 1 is 1.28 bits per heavy atom. The van der Waals surface area contributed by atoms with Crippen LogP contribution in [0.3, 0.4) is 0 Å². The van der Waals surface area contributed by atoms with E-state index in [4.69, 9.17) is 8.92 Å². The van der Waals surface area contributed by atoms with Crippen molar-refractivity contribution < 1.29 is 36.2 Å². The SMILES string of the molecule is CO[SH](=O)=Nc1ccc(OCC(=O)N(C)C(CN2CC[C@H](O)C2)c2cccc(C(F)(F)F)c2)c2cccnc12. The van der Waals surface area contributed by atoms with Gasteiger partial charge in [0.15, 0.2) is 17.5 Å². The van der Waals surface area contributed by atoms with Crippen molar-refractivity contribution in [3.8, 4) is 5.75 Å². The summed E-state index contributed by atoms with van der Waals surface area (Å²) >= 11 is 0. The van der Waals surface area contributed by atoms with Gasteiger partial charge in [-0.05, 0) is 48.4 Å². The van der Waals surface area contributed by atoms with Crippen LogP contribution in [0.2, 0.25) is 0 Å². The van der Waals surface area contributed by atoms with Crippen LogP contribution in [-0.2, 0) is 26.0 Å². The molecule has 2 unspecified atom stereocenters. The van der Waals surface area contributed by atoms with Crippen LogP contribution in [0.1, 0.15) is 23.6 Å². The fourth-order valence-corrected chi connectivity index (χ4v) is 4.90. The first kappa shape index (κ1) is 28.7. The molecule has 13 heteroatoms. The molecule has 1 aromatic heterocycles. The van der Waals surface area contributed by atoms with E-state index in [2.05, 4.69) is 9.35 Å². The van der Waals surface area contributed by atoms with Gasteiger partial charge in [0.25, 0.3) is 5.91 Å². The molecule has 0 radical (unpaired) electrons. The Kier molecular flexibility index (Phi) is 9.05. The summed E-state index contributed by atoms with van der Waals surface area (Å²) in [5, 5.41) is 10.5. The first-order valence-corrected chi connectivity index (χ1v) is 13.3. The van der Waals surface area contributed by atoms with Gasteiger partial charge in [0, 0.05) is 38.3 Å². The number of aliphatic hydroxyl groups is 1. The second-order valence-corrected chi connectivity index (χ2v) is 10.2. The van der Waals surface area contributed by atoms with Gasteiger partial charge in [-0.1, -0.05) is 12.1 Å². The van der Waals surface area contributed by atoms with Crippen molar-refractivity contribution in [1.82, 2.24) is 14.8 Å². The fraction of sp³-hybridized carbons (Fsp3) is 0.385. The van der Waals surface area contributed by atoms with Crippen molar-refractivity contribution in [2.75, 3.05) is 40.4 Å². The maximum Gasteiger partial charge on any atom is 0.416 e. The minimum Gasteiger partial charge on any atom is -0.483 e. The van der Waals surface area contributed by atoms with Crippen molar-refractivity contribution in [2.45, 2.75) is 24.7 Å². The predicted octanol–water partition coefficient (Wildman–Crippen LogP) is 3.76. The van der Waals surface area contributed by atoms with Crippen molar-refractivity contribution in [3.05, 3.63) is 65.9 Å². The minimum absolute atomic E-state index is 0.251. The van der Waals surface area contributed by atoms with Gasteiger partial charge in [-0.15, -0.1) is 0 Å². The van der Waals surface area contributed by atoms with E-state index >= 15 is 0 Å². The standard InChI is InChI=1S/C26H29F3N4O5S/c1-32(22(15-33-12-10-19(34)14-33)17-5-3-6-18(13-17)26(27,28)29)24(35)16-38-23-9-8-21(31-39(36)37-2)25-20(23)7-4-11-30-25/h3-9,11,13,19,22,34,39H,10,12,14-16H2,1-2H3/t19-,22?/m0/s1. The lowest BCUT2D eigenvalue weighted by atomic mass is 10.0. The number of pyridine rings is 1. The molecule has 0 spiro atoms. The number of β-amino-alcohol motifs (C(OH)–C–C–N with tert-alkyl or cyclic N) is 1. The number of likely N-dealkylation sites (tertiary alicyclic amines) is 1. The van der Waals surface area contributed by atoms with Crippen LogP contribution in [0.5, 0.6) is 5.75 Å². The molecule has 210 valence electrons. The number of amides is 1. The van der Waals surface area contributed by atoms with Crippen LogP contribution in [-0.4, -0.2) is 76.5 Å². The van der Waals surface area contributed by atoms with E-state index in [1.807, 2.05) is 4.90 Å². The zero-order valence-electron chi connectivity index (χ0n) is 21.3. The first-order valence-electron chi connectivity index (χ1n) is 12.1. The highest BCUT2D eigenvalue weighted by Gasteiger charge is 2.33. The van der Waals surface area contributed by atoms with Gasteiger partial charge in [0.1, 0.15) is 17.0 Å². The largest absolute Gasteiger partial charge is 0.483 e. The third kappa shape index (κ3) is 7.04. The summed E-state index contributed by atoms with van der Waals surface area (Å²) in [6.07, 6.45) is -2.95. The van der Waals surface area contributed by atoms with Gasteiger partial charge in [-0.25, -0.2) is 4.21 Å².